The number of urea groups is 1. The van der Waals surface area contributed by atoms with E-state index in [1.807, 2.05) is 50.4 Å². The van der Waals surface area contributed by atoms with E-state index in [2.05, 4.69) is 34.9 Å². The Morgan fingerprint density at radius 3 is 2.26 bits per heavy atom. The van der Waals surface area contributed by atoms with Crippen LogP contribution < -0.4 is 28.9 Å². The molecule has 10 nitrogen and oxygen atoms in total. The van der Waals surface area contributed by atoms with Gasteiger partial charge < -0.3 is 24.0 Å². The highest BCUT2D eigenvalue weighted by molar-refractivity contribution is 6.11. The Hall–Kier alpha value is -4.83. The van der Waals surface area contributed by atoms with E-state index in [0.29, 0.717) is 41.8 Å². The van der Waals surface area contributed by atoms with Crippen molar-refractivity contribution in [2.75, 3.05) is 68.8 Å². The fourth-order valence-electron chi connectivity index (χ4n) is 6.43. The van der Waals surface area contributed by atoms with Crippen LogP contribution in [0.4, 0.5) is 27.7 Å². The number of rotatable bonds is 9. The lowest BCUT2D eigenvalue weighted by atomic mass is 10.1. The number of likely N-dealkylation sites (N-methyl/N-ethyl adjacent to an activating group) is 1. The fourth-order valence-corrected chi connectivity index (χ4v) is 6.43. The van der Waals surface area contributed by atoms with Crippen LogP contribution in [-0.2, 0) is 13.0 Å². The maximum Gasteiger partial charge on any atom is 0.335 e. The second kappa shape index (κ2) is 13.3. The summed E-state index contributed by atoms with van der Waals surface area (Å²) in [5, 5.41) is 0. The van der Waals surface area contributed by atoms with Crippen molar-refractivity contribution in [2.45, 2.75) is 33.7 Å². The van der Waals surface area contributed by atoms with Crippen LogP contribution in [0.2, 0.25) is 0 Å². The molecule has 4 aromatic rings. The second-order valence-electron chi connectivity index (χ2n) is 11.7. The summed E-state index contributed by atoms with van der Waals surface area (Å²) in [5.41, 5.74) is 6.43. The second-order valence-corrected chi connectivity index (χ2v) is 11.7. The van der Waals surface area contributed by atoms with Crippen molar-refractivity contribution >= 4 is 28.9 Å². The van der Waals surface area contributed by atoms with Crippen molar-refractivity contribution in [3.8, 4) is 17.2 Å². The third-order valence-electron chi connectivity index (χ3n) is 9.00. The Kier molecular flexibility index (Phi) is 8.99. The number of aryl methyl sites for hydroxylation is 2. The van der Waals surface area contributed by atoms with Crippen molar-refractivity contribution in [1.29, 1.82) is 0 Å². The van der Waals surface area contributed by atoms with Gasteiger partial charge in [0.1, 0.15) is 28.9 Å². The van der Waals surface area contributed by atoms with Crippen LogP contribution in [0.25, 0.3) is 0 Å². The van der Waals surface area contributed by atoms with Crippen LogP contribution in [0, 0.1) is 13.8 Å². The minimum absolute atomic E-state index is 0.219. The number of ether oxygens (including phenoxy) is 3. The van der Waals surface area contributed by atoms with E-state index >= 15 is 0 Å². The molecule has 1 aromatic heterocycles. The molecule has 0 spiro atoms. The molecule has 46 heavy (non-hydrogen) atoms. The van der Waals surface area contributed by atoms with Crippen LogP contribution in [0.1, 0.15) is 35.0 Å². The number of methoxy groups -OCH3 is 3. The van der Waals surface area contributed by atoms with Gasteiger partial charge in [0.25, 0.3) is 0 Å². The molecule has 0 N–H and O–H groups in total. The summed E-state index contributed by atoms with van der Waals surface area (Å²) >= 11 is 0. The zero-order valence-corrected chi connectivity index (χ0v) is 27.5. The van der Waals surface area contributed by atoms with Crippen LogP contribution in [0.5, 0.6) is 17.2 Å². The number of carbonyl (C=O) groups excluding carboxylic acids is 1. The number of nitrogens with zero attached hydrogens (tertiary/aromatic N) is 6. The summed E-state index contributed by atoms with van der Waals surface area (Å²) in [6.45, 7) is 11.8. The third kappa shape index (κ3) is 5.92. The van der Waals surface area contributed by atoms with E-state index in [1.165, 1.54) is 0 Å². The highest BCUT2D eigenvalue weighted by Crippen LogP contribution is 2.42. The van der Waals surface area contributed by atoms with Gasteiger partial charge in [-0.15, -0.1) is 0 Å². The van der Waals surface area contributed by atoms with Crippen molar-refractivity contribution in [1.82, 2.24) is 14.9 Å². The van der Waals surface area contributed by atoms with Crippen molar-refractivity contribution < 1.29 is 19.0 Å². The van der Waals surface area contributed by atoms with Gasteiger partial charge in [0.2, 0.25) is 0 Å². The Bertz CT molecular complexity index is 1720. The summed E-state index contributed by atoms with van der Waals surface area (Å²) in [6, 6.07) is 17.6. The molecule has 6 rings (SSSR count). The Morgan fingerprint density at radius 1 is 0.848 bits per heavy atom. The Labute approximate surface area is 271 Å². The molecule has 3 aromatic carbocycles. The Balaban J connectivity index is 1.38. The minimum atomic E-state index is -0.219. The molecule has 2 aliphatic rings. The lowest BCUT2D eigenvalue weighted by molar-refractivity contribution is 0.252. The first-order valence-electron chi connectivity index (χ1n) is 15.7. The molecule has 2 aliphatic heterocycles. The van der Waals surface area contributed by atoms with Crippen LogP contribution >= 0.6 is 0 Å². The highest BCUT2D eigenvalue weighted by Gasteiger charge is 2.37. The number of piperazine rings is 1. The summed E-state index contributed by atoms with van der Waals surface area (Å²) < 4.78 is 17.1. The average molecular weight is 623 g/mol. The SMILES string of the molecule is CCN1CCN(c2ccc(Cc3ncc4c(n3)N(c3ccc(OC)cc3OC)C(=O)N(c3c(C)cccc3C)C4)c(OC)c2)CC1. The quantitative estimate of drug-likeness (QED) is 0.221. The number of carbonyl (C=O) groups is 1. The number of benzene rings is 3. The van der Waals surface area contributed by atoms with Gasteiger partial charge in [-0.1, -0.05) is 31.2 Å². The lowest BCUT2D eigenvalue weighted by Crippen LogP contribution is -2.46. The molecular formula is C36H42N6O4. The molecular weight excluding hydrogens is 580 g/mol. The number of anilines is 4. The number of amides is 2. The predicted octanol–water partition coefficient (Wildman–Crippen LogP) is 6.13. The van der Waals surface area contributed by atoms with Gasteiger partial charge in [-0.3, -0.25) is 4.90 Å². The number of hydrogen-bond acceptors (Lipinski definition) is 8. The summed E-state index contributed by atoms with van der Waals surface area (Å²) in [5.74, 6) is 3.04. The number of aromatic nitrogens is 2. The lowest BCUT2D eigenvalue weighted by Gasteiger charge is -2.37. The molecule has 2 amide bonds. The molecule has 0 bridgehead atoms. The van der Waals surface area contributed by atoms with Gasteiger partial charge in [0, 0.05) is 67.7 Å². The molecule has 0 unspecified atom stereocenters. The molecule has 0 saturated carbocycles. The number of hydrogen-bond donors (Lipinski definition) is 0. The van der Waals surface area contributed by atoms with Gasteiger partial charge in [-0.25, -0.2) is 19.7 Å². The van der Waals surface area contributed by atoms with E-state index in [4.69, 9.17) is 24.2 Å². The molecule has 3 heterocycles. The molecule has 1 saturated heterocycles. The van der Waals surface area contributed by atoms with Crippen molar-refractivity contribution in [3.63, 3.8) is 0 Å². The number of para-hydroxylation sites is 1. The normalized spacial score (nSPS) is 15.2. The van der Waals surface area contributed by atoms with Crippen molar-refractivity contribution in [2.24, 2.45) is 0 Å². The standard InChI is InChI=1S/C36H42N6O4/c1-7-39-15-17-40(18-16-39)28-12-11-26(31(20-28)45-5)19-33-37-22-27-23-41(34-24(2)9-8-10-25(34)3)36(43)42(35(27)38-33)30-14-13-29(44-4)21-32(30)46-6/h8-14,20-22H,7,15-19,23H2,1-6H3. The Morgan fingerprint density at radius 2 is 1.59 bits per heavy atom. The molecule has 0 radical (unpaired) electrons. The van der Waals surface area contributed by atoms with Gasteiger partial charge in [-0.2, -0.15) is 0 Å². The monoisotopic (exact) mass is 622 g/mol. The van der Waals surface area contributed by atoms with Crippen LogP contribution in [0.3, 0.4) is 0 Å². The summed E-state index contributed by atoms with van der Waals surface area (Å²) in [6.07, 6.45) is 2.28. The first-order valence-corrected chi connectivity index (χ1v) is 15.7. The summed E-state index contributed by atoms with van der Waals surface area (Å²) in [4.78, 5) is 32.6. The van der Waals surface area contributed by atoms with Gasteiger partial charge in [0.05, 0.1) is 39.2 Å². The maximum absolute atomic E-state index is 14.5. The van der Waals surface area contributed by atoms with Gasteiger partial charge >= 0.3 is 6.03 Å². The van der Waals surface area contributed by atoms with E-state index in [0.717, 1.165) is 72.1 Å². The minimum Gasteiger partial charge on any atom is -0.497 e. The van der Waals surface area contributed by atoms with E-state index in [1.54, 1.807) is 37.2 Å². The average Bonchev–Trinajstić information content (AvgIpc) is 3.08. The molecule has 0 aliphatic carbocycles. The van der Waals surface area contributed by atoms with Crippen LogP contribution in [0.15, 0.2) is 60.8 Å². The first kappa shape index (κ1) is 31.2. The molecule has 10 heteroatoms. The molecule has 240 valence electrons. The zero-order chi connectivity index (χ0) is 32.4. The smallest absolute Gasteiger partial charge is 0.335 e. The molecule has 0 atom stereocenters. The van der Waals surface area contributed by atoms with Gasteiger partial charge in [-0.05, 0) is 49.7 Å². The highest BCUT2D eigenvalue weighted by atomic mass is 16.5. The van der Waals surface area contributed by atoms with E-state index in [9.17, 15) is 4.79 Å². The topological polar surface area (TPSA) is 83.5 Å². The van der Waals surface area contributed by atoms with Gasteiger partial charge in [0.15, 0.2) is 0 Å². The maximum atomic E-state index is 14.5. The summed E-state index contributed by atoms with van der Waals surface area (Å²) in [7, 11) is 4.89. The van der Waals surface area contributed by atoms with E-state index < -0.39 is 0 Å². The fraction of sp³-hybridized carbons (Fsp3) is 0.361. The largest absolute Gasteiger partial charge is 0.497 e. The number of fused-ring (bicyclic) bond motifs is 1. The zero-order valence-electron chi connectivity index (χ0n) is 27.5. The first-order chi connectivity index (χ1) is 22.3. The van der Waals surface area contributed by atoms with E-state index in [-0.39, 0.29) is 6.03 Å². The van der Waals surface area contributed by atoms with Crippen molar-refractivity contribution in [3.05, 3.63) is 88.9 Å². The van der Waals surface area contributed by atoms with Crippen LogP contribution in [-0.4, -0.2) is 75.0 Å². The third-order valence-corrected chi connectivity index (χ3v) is 9.00. The molecule has 1 fully saturated rings. The predicted molar refractivity (Wildman–Crippen MR) is 181 cm³/mol.